The van der Waals surface area contributed by atoms with E-state index >= 15 is 0 Å². The Balaban J connectivity index is 2.13. The quantitative estimate of drug-likeness (QED) is 0.697. The molecule has 1 N–H and O–H groups in total. The van der Waals surface area contributed by atoms with Crippen LogP contribution in [-0.2, 0) is 4.74 Å². The maximum Gasteiger partial charge on any atom is 0.252 e. The molecule has 0 saturated carbocycles. The van der Waals surface area contributed by atoms with Crippen molar-refractivity contribution in [3.05, 3.63) is 64.7 Å². The number of halogens is 1. The standard InChI is InChI=1S/C20H19ClN2O2/c1-13-7-8-18-15(11-13)16(20(24)22-9-10-25-2)12-19(23-18)14-5-3-4-6-17(14)21/h3-8,11-12H,9-10H2,1-2H3,(H,22,24). The zero-order valence-corrected chi connectivity index (χ0v) is 14.9. The maximum absolute atomic E-state index is 12.7. The highest BCUT2D eigenvalue weighted by Crippen LogP contribution is 2.30. The van der Waals surface area contributed by atoms with E-state index in [-0.39, 0.29) is 5.91 Å². The second-order valence-corrected chi connectivity index (χ2v) is 6.21. The fourth-order valence-electron chi connectivity index (χ4n) is 2.70. The third kappa shape index (κ3) is 3.81. The molecule has 0 aliphatic carbocycles. The molecular weight excluding hydrogens is 336 g/mol. The van der Waals surface area contributed by atoms with Gasteiger partial charge in [-0.2, -0.15) is 0 Å². The molecule has 0 fully saturated rings. The molecule has 3 aromatic rings. The van der Waals surface area contributed by atoms with Crippen molar-refractivity contribution < 1.29 is 9.53 Å². The van der Waals surface area contributed by atoms with Crippen molar-refractivity contribution in [2.24, 2.45) is 0 Å². The molecule has 128 valence electrons. The van der Waals surface area contributed by atoms with Crippen molar-refractivity contribution in [2.75, 3.05) is 20.3 Å². The first-order valence-corrected chi connectivity index (χ1v) is 8.41. The molecule has 25 heavy (non-hydrogen) atoms. The van der Waals surface area contributed by atoms with Crippen LogP contribution in [0.5, 0.6) is 0 Å². The van der Waals surface area contributed by atoms with Crippen molar-refractivity contribution in [2.45, 2.75) is 6.92 Å². The first-order chi connectivity index (χ1) is 12.1. The van der Waals surface area contributed by atoms with Crippen LogP contribution in [0.4, 0.5) is 0 Å². The van der Waals surface area contributed by atoms with Gasteiger partial charge >= 0.3 is 0 Å². The number of ether oxygens (including phenoxy) is 1. The molecular formula is C20H19ClN2O2. The normalized spacial score (nSPS) is 10.8. The molecule has 0 aliphatic heterocycles. The minimum atomic E-state index is -0.150. The summed E-state index contributed by atoms with van der Waals surface area (Å²) in [5, 5.41) is 4.31. The van der Waals surface area contributed by atoms with E-state index in [1.54, 1.807) is 13.2 Å². The number of hydrogen-bond acceptors (Lipinski definition) is 3. The summed E-state index contributed by atoms with van der Waals surface area (Å²) in [4.78, 5) is 17.4. The summed E-state index contributed by atoms with van der Waals surface area (Å²) in [6.07, 6.45) is 0. The maximum atomic E-state index is 12.7. The molecule has 1 heterocycles. The molecule has 0 radical (unpaired) electrons. The predicted octanol–water partition coefficient (Wildman–Crippen LogP) is 4.24. The van der Waals surface area contributed by atoms with Crippen LogP contribution < -0.4 is 5.32 Å². The van der Waals surface area contributed by atoms with Crippen LogP contribution >= 0.6 is 11.6 Å². The van der Waals surface area contributed by atoms with Gasteiger partial charge in [-0.25, -0.2) is 4.98 Å². The number of aromatic nitrogens is 1. The molecule has 1 amide bonds. The molecule has 1 aromatic heterocycles. The Morgan fingerprint density at radius 2 is 2.00 bits per heavy atom. The van der Waals surface area contributed by atoms with Gasteiger partial charge in [-0.05, 0) is 31.2 Å². The lowest BCUT2D eigenvalue weighted by Crippen LogP contribution is -2.27. The van der Waals surface area contributed by atoms with Gasteiger partial charge in [0.05, 0.1) is 23.4 Å². The topological polar surface area (TPSA) is 51.2 Å². The van der Waals surface area contributed by atoms with Crippen molar-refractivity contribution in [3.8, 4) is 11.3 Å². The van der Waals surface area contributed by atoms with Crippen LogP contribution in [0.25, 0.3) is 22.2 Å². The lowest BCUT2D eigenvalue weighted by Gasteiger charge is -2.12. The number of hydrogen-bond donors (Lipinski definition) is 1. The van der Waals surface area contributed by atoms with E-state index in [0.29, 0.717) is 29.4 Å². The summed E-state index contributed by atoms with van der Waals surface area (Å²) in [6.45, 7) is 2.91. The van der Waals surface area contributed by atoms with E-state index in [4.69, 9.17) is 21.3 Å². The molecule has 0 spiro atoms. The fraction of sp³-hybridized carbons (Fsp3) is 0.200. The van der Waals surface area contributed by atoms with Gasteiger partial charge in [-0.15, -0.1) is 0 Å². The van der Waals surface area contributed by atoms with E-state index < -0.39 is 0 Å². The van der Waals surface area contributed by atoms with Crippen LogP contribution in [0, 0.1) is 6.92 Å². The van der Waals surface area contributed by atoms with Gasteiger partial charge in [0.15, 0.2) is 0 Å². The highest BCUT2D eigenvalue weighted by molar-refractivity contribution is 6.33. The zero-order valence-electron chi connectivity index (χ0n) is 14.2. The van der Waals surface area contributed by atoms with Gasteiger partial charge in [-0.3, -0.25) is 4.79 Å². The number of aryl methyl sites for hydroxylation is 1. The highest BCUT2D eigenvalue weighted by Gasteiger charge is 2.15. The van der Waals surface area contributed by atoms with Gasteiger partial charge in [0.2, 0.25) is 0 Å². The minimum Gasteiger partial charge on any atom is -0.383 e. The van der Waals surface area contributed by atoms with Gasteiger partial charge in [0, 0.05) is 29.6 Å². The van der Waals surface area contributed by atoms with Crippen molar-refractivity contribution >= 4 is 28.4 Å². The average Bonchev–Trinajstić information content (AvgIpc) is 2.61. The number of nitrogens with one attached hydrogen (secondary N) is 1. The number of carbonyl (C=O) groups is 1. The fourth-order valence-corrected chi connectivity index (χ4v) is 2.93. The van der Waals surface area contributed by atoms with Gasteiger partial charge < -0.3 is 10.1 Å². The Hall–Kier alpha value is -2.43. The lowest BCUT2D eigenvalue weighted by molar-refractivity contribution is 0.0938. The minimum absolute atomic E-state index is 0.150. The third-order valence-electron chi connectivity index (χ3n) is 3.95. The molecule has 5 heteroatoms. The average molecular weight is 355 g/mol. The van der Waals surface area contributed by atoms with Crippen LogP contribution in [0.15, 0.2) is 48.5 Å². The lowest BCUT2D eigenvalue weighted by atomic mass is 10.0. The van der Waals surface area contributed by atoms with E-state index in [1.807, 2.05) is 49.4 Å². The molecule has 2 aromatic carbocycles. The molecule has 4 nitrogen and oxygen atoms in total. The summed E-state index contributed by atoms with van der Waals surface area (Å²) in [5.41, 5.74) is 3.90. The molecule has 0 aliphatic rings. The van der Waals surface area contributed by atoms with E-state index in [0.717, 1.165) is 22.0 Å². The van der Waals surface area contributed by atoms with Crippen molar-refractivity contribution in [3.63, 3.8) is 0 Å². The van der Waals surface area contributed by atoms with E-state index in [2.05, 4.69) is 5.32 Å². The number of nitrogens with zero attached hydrogens (tertiary/aromatic N) is 1. The monoisotopic (exact) mass is 354 g/mol. The Bertz CT molecular complexity index is 925. The summed E-state index contributed by atoms with van der Waals surface area (Å²) in [6, 6.07) is 15.2. The summed E-state index contributed by atoms with van der Waals surface area (Å²) < 4.78 is 5.00. The van der Waals surface area contributed by atoms with Crippen LogP contribution in [0.3, 0.4) is 0 Å². The molecule has 0 bridgehead atoms. The summed E-state index contributed by atoms with van der Waals surface area (Å²) >= 11 is 6.31. The first kappa shape index (κ1) is 17.4. The van der Waals surface area contributed by atoms with Gasteiger partial charge in [0.25, 0.3) is 5.91 Å². The van der Waals surface area contributed by atoms with Crippen LogP contribution in [0.1, 0.15) is 15.9 Å². The SMILES string of the molecule is COCCNC(=O)c1cc(-c2ccccc2Cl)nc2ccc(C)cc12. The Morgan fingerprint density at radius 3 is 2.76 bits per heavy atom. The number of pyridine rings is 1. The number of methoxy groups -OCH3 is 1. The largest absolute Gasteiger partial charge is 0.383 e. The van der Waals surface area contributed by atoms with Crippen LogP contribution in [0.2, 0.25) is 5.02 Å². The van der Waals surface area contributed by atoms with E-state index in [1.165, 1.54) is 0 Å². The number of fused-ring (bicyclic) bond motifs is 1. The second-order valence-electron chi connectivity index (χ2n) is 5.80. The predicted molar refractivity (Wildman–Crippen MR) is 101 cm³/mol. The number of rotatable bonds is 5. The Kier molecular flexibility index (Phi) is 5.31. The highest BCUT2D eigenvalue weighted by atomic mass is 35.5. The Labute approximate surface area is 151 Å². The van der Waals surface area contributed by atoms with E-state index in [9.17, 15) is 4.79 Å². The zero-order chi connectivity index (χ0) is 17.8. The summed E-state index contributed by atoms with van der Waals surface area (Å²) in [7, 11) is 1.60. The van der Waals surface area contributed by atoms with Gasteiger partial charge in [0.1, 0.15) is 0 Å². The number of amides is 1. The molecule has 3 rings (SSSR count). The van der Waals surface area contributed by atoms with Crippen molar-refractivity contribution in [1.82, 2.24) is 10.3 Å². The molecule has 0 saturated heterocycles. The number of benzene rings is 2. The van der Waals surface area contributed by atoms with Crippen LogP contribution in [-0.4, -0.2) is 31.2 Å². The molecule has 0 atom stereocenters. The van der Waals surface area contributed by atoms with Gasteiger partial charge in [-0.1, -0.05) is 41.4 Å². The first-order valence-electron chi connectivity index (χ1n) is 8.03. The van der Waals surface area contributed by atoms with Crippen molar-refractivity contribution in [1.29, 1.82) is 0 Å². The number of carbonyl (C=O) groups excluding carboxylic acids is 1. The third-order valence-corrected chi connectivity index (χ3v) is 4.28. The smallest absolute Gasteiger partial charge is 0.252 e. The summed E-state index contributed by atoms with van der Waals surface area (Å²) in [5.74, 6) is -0.150. The second kappa shape index (κ2) is 7.64. The molecule has 0 unspecified atom stereocenters. The Morgan fingerprint density at radius 1 is 1.20 bits per heavy atom.